The Kier molecular flexibility index (Phi) is 5.45. The first-order valence-electron chi connectivity index (χ1n) is 5.30. The third-order valence-electron chi connectivity index (χ3n) is 2.14. The van der Waals surface area contributed by atoms with Crippen LogP contribution in [0.1, 0.15) is 15.9 Å². The van der Waals surface area contributed by atoms with Crippen molar-refractivity contribution in [1.29, 1.82) is 0 Å². The first-order chi connectivity index (χ1) is 8.15. The molecule has 0 heterocycles. The van der Waals surface area contributed by atoms with E-state index in [1.54, 1.807) is 19.1 Å². The maximum atomic E-state index is 10.7. The minimum absolute atomic E-state index is 0.00760. The molecule has 0 amide bonds. The molecule has 17 heavy (non-hydrogen) atoms. The molecule has 0 aliphatic heterocycles. The average molecular weight is 240 g/mol. The molecule has 1 aromatic carbocycles. The minimum atomic E-state index is -0.953. The number of hydrogen-bond acceptors (Lipinski definition) is 4. The molecule has 0 aromatic heterocycles. The molecule has 0 saturated heterocycles. The Morgan fingerprint density at radius 1 is 1.29 bits per heavy atom. The van der Waals surface area contributed by atoms with Crippen molar-refractivity contribution in [2.24, 2.45) is 0 Å². The summed E-state index contributed by atoms with van der Waals surface area (Å²) in [5.41, 5.74) is 1.01. The maximum Gasteiger partial charge on any atom is 0.335 e. The highest BCUT2D eigenvalue weighted by Crippen LogP contribution is 2.18. The number of carboxylic acid groups (broad SMARTS) is 1. The Bertz CT molecular complexity index is 375. The number of aryl methyl sites for hydroxylation is 1. The van der Waals surface area contributed by atoms with Gasteiger partial charge in [0.15, 0.2) is 0 Å². The van der Waals surface area contributed by atoms with Crippen LogP contribution < -0.4 is 4.74 Å². The van der Waals surface area contributed by atoms with Crippen molar-refractivity contribution in [3.05, 3.63) is 29.3 Å². The number of aliphatic hydroxyl groups is 1. The molecular formula is C12H16O5. The summed E-state index contributed by atoms with van der Waals surface area (Å²) in [6.45, 7) is 2.83. The van der Waals surface area contributed by atoms with Crippen molar-refractivity contribution in [2.75, 3.05) is 26.4 Å². The van der Waals surface area contributed by atoms with Crippen LogP contribution in [0.25, 0.3) is 0 Å². The predicted octanol–water partition coefficient (Wildman–Crippen LogP) is 1.08. The Balaban J connectivity index is 2.46. The average Bonchev–Trinajstić information content (AvgIpc) is 2.30. The van der Waals surface area contributed by atoms with Crippen molar-refractivity contribution in [1.82, 2.24) is 0 Å². The van der Waals surface area contributed by atoms with Crippen molar-refractivity contribution in [3.8, 4) is 5.75 Å². The number of benzene rings is 1. The Morgan fingerprint density at radius 3 is 2.65 bits per heavy atom. The lowest BCUT2D eigenvalue weighted by Gasteiger charge is -2.09. The molecule has 0 aliphatic rings. The van der Waals surface area contributed by atoms with Crippen molar-refractivity contribution in [2.45, 2.75) is 6.92 Å². The molecule has 0 saturated carbocycles. The zero-order chi connectivity index (χ0) is 12.7. The van der Waals surface area contributed by atoms with Gasteiger partial charge in [0.1, 0.15) is 12.4 Å². The standard InChI is InChI=1S/C12H16O5/c1-9-8-10(12(14)15)2-3-11(9)17-7-6-16-5-4-13/h2-3,8,13H,4-7H2,1H3,(H,14,15). The molecular weight excluding hydrogens is 224 g/mol. The van der Waals surface area contributed by atoms with E-state index >= 15 is 0 Å². The van der Waals surface area contributed by atoms with E-state index in [0.717, 1.165) is 5.56 Å². The normalized spacial score (nSPS) is 10.2. The number of carbonyl (C=O) groups is 1. The van der Waals surface area contributed by atoms with Gasteiger partial charge in [-0.3, -0.25) is 0 Å². The second-order valence-corrected chi connectivity index (χ2v) is 3.47. The summed E-state index contributed by atoms with van der Waals surface area (Å²) in [7, 11) is 0. The Labute approximate surface area is 99.6 Å². The van der Waals surface area contributed by atoms with E-state index in [9.17, 15) is 4.79 Å². The molecule has 5 heteroatoms. The van der Waals surface area contributed by atoms with E-state index < -0.39 is 5.97 Å². The molecule has 5 nitrogen and oxygen atoms in total. The van der Waals surface area contributed by atoms with Crippen LogP contribution in [0.3, 0.4) is 0 Å². The van der Waals surface area contributed by atoms with E-state index in [-0.39, 0.29) is 12.2 Å². The molecule has 1 rings (SSSR count). The highest BCUT2D eigenvalue weighted by Gasteiger charge is 2.06. The monoisotopic (exact) mass is 240 g/mol. The summed E-state index contributed by atoms with van der Waals surface area (Å²) in [5.74, 6) is -0.312. The number of rotatable bonds is 7. The van der Waals surface area contributed by atoms with Gasteiger partial charge in [0.05, 0.1) is 25.4 Å². The van der Waals surface area contributed by atoms with Crippen molar-refractivity contribution >= 4 is 5.97 Å². The van der Waals surface area contributed by atoms with Crippen LogP contribution in [0.15, 0.2) is 18.2 Å². The zero-order valence-corrected chi connectivity index (χ0v) is 9.68. The van der Waals surface area contributed by atoms with Crippen LogP contribution in [0.2, 0.25) is 0 Å². The second kappa shape index (κ2) is 6.88. The molecule has 2 N–H and O–H groups in total. The van der Waals surface area contributed by atoms with E-state index in [4.69, 9.17) is 19.7 Å². The van der Waals surface area contributed by atoms with Gasteiger partial charge >= 0.3 is 5.97 Å². The van der Waals surface area contributed by atoms with Gasteiger partial charge in [-0.05, 0) is 30.7 Å². The Morgan fingerprint density at radius 2 is 2.06 bits per heavy atom. The van der Waals surface area contributed by atoms with Gasteiger partial charge in [-0.2, -0.15) is 0 Å². The topological polar surface area (TPSA) is 76.0 Å². The van der Waals surface area contributed by atoms with Gasteiger partial charge < -0.3 is 19.7 Å². The van der Waals surface area contributed by atoms with Gasteiger partial charge in [-0.15, -0.1) is 0 Å². The van der Waals surface area contributed by atoms with E-state index in [0.29, 0.717) is 25.6 Å². The van der Waals surface area contributed by atoms with Gasteiger partial charge in [0.25, 0.3) is 0 Å². The van der Waals surface area contributed by atoms with Crippen LogP contribution in [0, 0.1) is 6.92 Å². The number of hydrogen-bond donors (Lipinski definition) is 2. The lowest BCUT2D eigenvalue weighted by Crippen LogP contribution is -2.09. The number of ether oxygens (including phenoxy) is 2. The quantitative estimate of drug-likeness (QED) is 0.697. The molecule has 0 bridgehead atoms. The summed E-state index contributed by atoms with van der Waals surface area (Å²) >= 11 is 0. The molecule has 1 aromatic rings. The summed E-state index contributed by atoms with van der Waals surface area (Å²) in [5, 5.41) is 17.3. The highest BCUT2D eigenvalue weighted by atomic mass is 16.5. The molecule has 94 valence electrons. The second-order valence-electron chi connectivity index (χ2n) is 3.47. The van der Waals surface area contributed by atoms with Gasteiger partial charge in [-0.25, -0.2) is 4.79 Å². The Hall–Kier alpha value is -1.59. The van der Waals surface area contributed by atoms with Gasteiger partial charge in [-0.1, -0.05) is 0 Å². The third kappa shape index (κ3) is 4.42. The molecule has 0 aliphatic carbocycles. The fourth-order valence-corrected chi connectivity index (χ4v) is 1.32. The number of aliphatic hydroxyl groups excluding tert-OH is 1. The number of carboxylic acids is 1. The van der Waals surface area contributed by atoms with Crippen LogP contribution in [0.4, 0.5) is 0 Å². The molecule has 0 radical (unpaired) electrons. The van der Waals surface area contributed by atoms with Crippen molar-refractivity contribution < 1.29 is 24.5 Å². The SMILES string of the molecule is Cc1cc(C(=O)O)ccc1OCCOCCO. The van der Waals surface area contributed by atoms with Crippen LogP contribution >= 0.6 is 0 Å². The molecule has 0 unspecified atom stereocenters. The molecule has 0 fully saturated rings. The van der Waals surface area contributed by atoms with Crippen LogP contribution in [-0.4, -0.2) is 42.6 Å². The highest BCUT2D eigenvalue weighted by molar-refractivity contribution is 5.88. The van der Waals surface area contributed by atoms with E-state index in [2.05, 4.69) is 0 Å². The summed E-state index contributed by atoms with van der Waals surface area (Å²) < 4.78 is 10.5. The lowest BCUT2D eigenvalue weighted by atomic mass is 10.1. The van der Waals surface area contributed by atoms with Crippen LogP contribution in [-0.2, 0) is 4.74 Å². The fraction of sp³-hybridized carbons (Fsp3) is 0.417. The lowest BCUT2D eigenvalue weighted by molar-refractivity contribution is 0.0693. The van der Waals surface area contributed by atoms with Crippen molar-refractivity contribution in [3.63, 3.8) is 0 Å². The van der Waals surface area contributed by atoms with Crippen LogP contribution in [0.5, 0.6) is 5.75 Å². The largest absolute Gasteiger partial charge is 0.491 e. The first-order valence-corrected chi connectivity index (χ1v) is 5.30. The fourth-order valence-electron chi connectivity index (χ4n) is 1.32. The van der Waals surface area contributed by atoms with Gasteiger partial charge in [0.2, 0.25) is 0 Å². The molecule has 0 spiro atoms. The third-order valence-corrected chi connectivity index (χ3v) is 2.14. The first kappa shape index (κ1) is 13.5. The summed E-state index contributed by atoms with van der Waals surface area (Å²) in [6.07, 6.45) is 0. The predicted molar refractivity (Wildman–Crippen MR) is 61.5 cm³/mol. The zero-order valence-electron chi connectivity index (χ0n) is 9.68. The van der Waals surface area contributed by atoms with E-state index in [1.165, 1.54) is 6.07 Å². The van der Waals surface area contributed by atoms with Gasteiger partial charge in [0, 0.05) is 0 Å². The maximum absolute atomic E-state index is 10.7. The smallest absolute Gasteiger partial charge is 0.335 e. The number of aromatic carboxylic acids is 1. The summed E-state index contributed by atoms with van der Waals surface area (Å²) in [4.78, 5) is 10.7. The summed E-state index contributed by atoms with van der Waals surface area (Å²) in [6, 6.07) is 4.69. The minimum Gasteiger partial charge on any atom is -0.491 e. The van der Waals surface area contributed by atoms with E-state index in [1.807, 2.05) is 0 Å². The molecule has 0 atom stereocenters.